The number of likely N-dealkylation sites (N-methyl/N-ethyl adjacent to an activating group) is 1. The molecule has 0 saturated heterocycles. The summed E-state index contributed by atoms with van der Waals surface area (Å²) < 4.78 is 4.98. The fraction of sp³-hybridized carbons (Fsp3) is 0.857. The standard InChI is InChI=1S/C7H16N2O2/c1-6(5-8-2)11-7(10)9(3)4/h6,8H,5H2,1-4H3. The maximum atomic E-state index is 10.9. The van der Waals surface area contributed by atoms with Crippen LogP contribution in [0.25, 0.3) is 0 Å². The molecule has 0 radical (unpaired) electrons. The molecule has 1 atom stereocenters. The molecule has 0 aliphatic heterocycles. The Bertz CT molecular complexity index is 126. The maximum absolute atomic E-state index is 10.9. The minimum atomic E-state index is -0.298. The first-order valence-electron chi connectivity index (χ1n) is 3.60. The summed E-state index contributed by atoms with van der Waals surface area (Å²) >= 11 is 0. The molecule has 66 valence electrons. The second-order valence-corrected chi connectivity index (χ2v) is 2.65. The van der Waals surface area contributed by atoms with E-state index in [1.807, 2.05) is 14.0 Å². The Morgan fingerprint density at radius 2 is 2.18 bits per heavy atom. The molecule has 1 amide bonds. The van der Waals surface area contributed by atoms with Crippen LogP contribution in [0.5, 0.6) is 0 Å². The molecule has 0 aromatic heterocycles. The van der Waals surface area contributed by atoms with Crippen LogP contribution >= 0.6 is 0 Å². The molecule has 0 saturated carbocycles. The van der Waals surface area contributed by atoms with E-state index in [-0.39, 0.29) is 12.2 Å². The third-order valence-corrected chi connectivity index (χ3v) is 1.16. The van der Waals surface area contributed by atoms with E-state index in [4.69, 9.17) is 4.74 Å². The fourth-order valence-corrected chi connectivity index (χ4v) is 0.607. The first-order chi connectivity index (χ1) is 5.07. The molecule has 0 spiro atoms. The Hall–Kier alpha value is -0.770. The summed E-state index contributed by atoms with van der Waals surface area (Å²) in [6.45, 7) is 2.53. The molecular formula is C7H16N2O2. The molecule has 11 heavy (non-hydrogen) atoms. The van der Waals surface area contributed by atoms with Gasteiger partial charge in [-0.1, -0.05) is 0 Å². The van der Waals surface area contributed by atoms with E-state index in [1.54, 1.807) is 14.1 Å². The molecule has 0 bridgehead atoms. The number of amides is 1. The normalized spacial score (nSPS) is 12.4. The zero-order valence-electron chi connectivity index (χ0n) is 7.55. The van der Waals surface area contributed by atoms with E-state index >= 15 is 0 Å². The van der Waals surface area contributed by atoms with Crippen molar-refractivity contribution < 1.29 is 9.53 Å². The molecule has 4 nitrogen and oxygen atoms in total. The van der Waals surface area contributed by atoms with E-state index < -0.39 is 0 Å². The number of rotatable bonds is 3. The SMILES string of the molecule is CNCC(C)OC(=O)N(C)C. The average Bonchev–Trinajstić information content (AvgIpc) is 1.87. The van der Waals surface area contributed by atoms with Crippen LogP contribution in [-0.4, -0.2) is 44.8 Å². The average molecular weight is 160 g/mol. The van der Waals surface area contributed by atoms with Crippen molar-refractivity contribution in [1.82, 2.24) is 10.2 Å². The van der Waals surface area contributed by atoms with Gasteiger partial charge in [-0.15, -0.1) is 0 Å². The third kappa shape index (κ3) is 4.61. The zero-order chi connectivity index (χ0) is 8.85. The Morgan fingerprint density at radius 3 is 2.55 bits per heavy atom. The Labute approximate surface area is 67.5 Å². The lowest BCUT2D eigenvalue weighted by atomic mass is 10.4. The molecule has 4 heteroatoms. The second-order valence-electron chi connectivity index (χ2n) is 2.65. The second kappa shape index (κ2) is 4.96. The molecule has 0 heterocycles. The largest absolute Gasteiger partial charge is 0.445 e. The van der Waals surface area contributed by atoms with E-state index in [0.29, 0.717) is 6.54 Å². The lowest BCUT2D eigenvalue weighted by Crippen LogP contribution is -2.31. The van der Waals surface area contributed by atoms with Gasteiger partial charge in [0.25, 0.3) is 0 Å². The van der Waals surface area contributed by atoms with Crippen molar-refractivity contribution in [2.45, 2.75) is 13.0 Å². The lowest BCUT2D eigenvalue weighted by molar-refractivity contribution is 0.0832. The number of carbonyl (C=O) groups excluding carboxylic acids is 1. The van der Waals surface area contributed by atoms with Crippen molar-refractivity contribution in [2.24, 2.45) is 0 Å². The predicted molar refractivity (Wildman–Crippen MR) is 43.6 cm³/mol. The van der Waals surface area contributed by atoms with Crippen molar-refractivity contribution in [3.63, 3.8) is 0 Å². The Kier molecular flexibility index (Phi) is 4.61. The molecule has 1 unspecified atom stereocenters. The molecule has 0 aromatic carbocycles. The van der Waals surface area contributed by atoms with Crippen molar-refractivity contribution in [3.05, 3.63) is 0 Å². The van der Waals surface area contributed by atoms with Crippen LogP contribution in [0.2, 0.25) is 0 Å². The summed E-state index contributed by atoms with van der Waals surface area (Å²) in [4.78, 5) is 12.3. The van der Waals surface area contributed by atoms with Crippen LogP contribution in [0.3, 0.4) is 0 Å². The first-order valence-corrected chi connectivity index (χ1v) is 3.60. The molecule has 0 aromatic rings. The monoisotopic (exact) mass is 160 g/mol. The molecule has 0 fully saturated rings. The fourth-order valence-electron chi connectivity index (χ4n) is 0.607. The van der Waals surface area contributed by atoms with Crippen LogP contribution in [0.4, 0.5) is 4.79 Å². The predicted octanol–water partition coefficient (Wildman–Crippen LogP) is 0.292. The van der Waals surface area contributed by atoms with Gasteiger partial charge < -0.3 is 15.0 Å². The van der Waals surface area contributed by atoms with Gasteiger partial charge in [-0.2, -0.15) is 0 Å². The number of ether oxygens (including phenoxy) is 1. The van der Waals surface area contributed by atoms with Gasteiger partial charge in [-0.25, -0.2) is 4.79 Å². The number of hydrogen-bond acceptors (Lipinski definition) is 3. The van der Waals surface area contributed by atoms with Gasteiger partial charge in [0.15, 0.2) is 0 Å². The van der Waals surface area contributed by atoms with Gasteiger partial charge in [0.05, 0.1) is 0 Å². The number of carbonyl (C=O) groups is 1. The maximum Gasteiger partial charge on any atom is 0.409 e. The quantitative estimate of drug-likeness (QED) is 0.645. The van der Waals surface area contributed by atoms with Crippen LogP contribution in [0, 0.1) is 0 Å². The Morgan fingerprint density at radius 1 is 1.64 bits per heavy atom. The van der Waals surface area contributed by atoms with E-state index in [0.717, 1.165) is 0 Å². The van der Waals surface area contributed by atoms with Crippen molar-refractivity contribution in [3.8, 4) is 0 Å². The molecular weight excluding hydrogens is 144 g/mol. The molecule has 0 aliphatic carbocycles. The highest BCUT2D eigenvalue weighted by Crippen LogP contribution is 1.92. The summed E-state index contributed by atoms with van der Waals surface area (Å²) in [5, 5.41) is 2.92. The number of nitrogens with zero attached hydrogens (tertiary/aromatic N) is 1. The molecule has 0 aliphatic rings. The van der Waals surface area contributed by atoms with Crippen LogP contribution in [0.15, 0.2) is 0 Å². The number of nitrogens with one attached hydrogen (secondary N) is 1. The zero-order valence-corrected chi connectivity index (χ0v) is 7.55. The van der Waals surface area contributed by atoms with Gasteiger partial charge in [-0.3, -0.25) is 0 Å². The van der Waals surface area contributed by atoms with Crippen molar-refractivity contribution in [2.75, 3.05) is 27.7 Å². The number of hydrogen-bond donors (Lipinski definition) is 1. The highest BCUT2D eigenvalue weighted by atomic mass is 16.6. The lowest BCUT2D eigenvalue weighted by Gasteiger charge is -2.16. The van der Waals surface area contributed by atoms with Gasteiger partial charge in [0.1, 0.15) is 6.10 Å². The van der Waals surface area contributed by atoms with E-state index in [9.17, 15) is 4.79 Å². The summed E-state index contributed by atoms with van der Waals surface area (Å²) in [6, 6.07) is 0. The van der Waals surface area contributed by atoms with E-state index in [2.05, 4.69) is 5.32 Å². The summed E-state index contributed by atoms with van der Waals surface area (Å²) in [5.74, 6) is 0. The van der Waals surface area contributed by atoms with Crippen LogP contribution in [-0.2, 0) is 4.74 Å². The topological polar surface area (TPSA) is 41.6 Å². The first kappa shape index (κ1) is 10.2. The van der Waals surface area contributed by atoms with Gasteiger partial charge >= 0.3 is 6.09 Å². The van der Waals surface area contributed by atoms with Crippen LogP contribution in [0.1, 0.15) is 6.92 Å². The Balaban J connectivity index is 3.57. The smallest absolute Gasteiger partial charge is 0.409 e. The molecule has 1 N–H and O–H groups in total. The van der Waals surface area contributed by atoms with Gasteiger partial charge in [-0.05, 0) is 14.0 Å². The minimum absolute atomic E-state index is 0.0742. The van der Waals surface area contributed by atoms with Crippen LogP contribution < -0.4 is 5.32 Å². The van der Waals surface area contributed by atoms with Crippen molar-refractivity contribution in [1.29, 1.82) is 0 Å². The van der Waals surface area contributed by atoms with E-state index in [1.165, 1.54) is 4.90 Å². The highest BCUT2D eigenvalue weighted by Gasteiger charge is 2.09. The summed E-state index contributed by atoms with van der Waals surface area (Å²) in [7, 11) is 5.14. The summed E-state index contributed by atoms with van der Waals surface area (Å²) in [6.07, 6.45) is -0.373. The third-order valence-electron chi connectivity index (χ3n) is 1.16. The summed E-state index contributed by atoms with van der Waals surface area (Å²) in [5.41, 5.74) is 0. The van der Waals surface area contributed by atoms with Gasteiger partial charge in [0.2, 0.25) is 0 Å². The van der Waals surface area contributed by atoms with Crippen molar-refractivity contribution >= 4 is 6.09 Å². The minimum Gasteiger partial charge on any atom is -0.445 e. The molecule has 0 rings (SSSR count). The van der Waals surface area contributed by atoms with Gasteiger partial charge in [0, 0.05) is 20.6 Å². The highest BCUT2D eigenvalue weighted by molar-refractivity contribution is 5.66.